The fourth-order valence-corrected chi connectivity index (χ4v) is 5.05. The molecule has 2 fully saturated rings. The van der Waals surface area contributed by atoms with Crippen molar-refractivity contribution in [2.45, 2.75) is 16.3 Å². The number of halogens is 5. The Balaban J connectivity index is 1.49. The molecule has 30 heavy (non-hydrogen) atoms. The highest BCUT2D eigenvalue weighted by Crippen LogP contribution is 2.65. The van der Waals surface area contributed by atoms with Crippen LogP contribution in [0.25, 0.3) is 0 Å². The second kappa shape index (κ2) is 8.38. The zero-order valence-corrected chi connectivity index (χ0v) is 19.1. The standard InChI is InChI=1S/C20H16Cl5N3O2/c21-10-3-9(4-11(22)5-10)16-17(20(16,24)25)19(30)27-12-1-2-15(23)14(6-12)18(29)28-13-7-26-8-13/h1-6,13,16-17,26H,7-8H2,(H,27,30)(H,28,29)/t16-,17+/m0/s1. The third-order valence-electron chi connectivity index (χ3n) is 5.18. The van der Waals surface area contributed by atoms with E-state index >= 15 is 0 Å². The summed E-state index contributed by atoms with van der Waals surface area (Å²) in [6.45, 7) is 1.42. The van der Waals surface area contributed by atoms with Crippen LogP contribution in [0.1, 0.15) is 21.8 Å². The molecule has 3 N–H and O–H groups in total. The van der Waals surface area contributed by atoms with Crippen LogP contribution in [-0.4, -0.2) is 35.3 Å². The van der Waals surface area contributed by atoms with E-state index < -0.39 is 16.2 Å². The van der Waals surface area contributed by atoms with Crippen molar-refractivity contribution in [1.29, 1.82) is 0 Å². The Morgan fingerprint density at radius 1 is 1.00 bits per heavy atom. The van der Waals surface area contributed by atoms with Gasteiger partial charge in [0.2, 0.25) is 5.91 Å². The largest absolute Gasteiger partial charge is 0.347 e. The molecule has 2 atom stereocenters. The van der Waals surface area contributed by atoms with Gasteiger partial charge in [0, 0.05) is 34.7 Å². The average molecular weight is 508 g/mol. The molecule has 5 nitrogen and oxygen atoms in total. The first-order chi connectivity index (χ1) is 14.2. The lowest BCUT2D eigenvalue weighted by atomic mass is 10.1. The Bertz CT molecular complexity index is 1010. The second-order valence-corrected chi connectivity index (χ2v) is 10.1. The number of nitrogens with one attached hydrogen (secondary N) is 3. The predicted molar refractivity (Wildman–Crippen MR) is 121 cm³/mol. The summed E-state index contributed by atoms with van der Waals surface area (Å²) >= 11 is 31.1. The van der Waals surface area contributed by atoms with Crippen LogP contribution >= 0.6 is 58.0 Å². The molecule has 1 saturated carbocycles. The van der Waals surface area contributed by atoms with Crippen LogP contribution in [-0.2, 0) is 4.79 Å². The van der Waals surface area contributed by atoms with Crippen molar-refractivity contribution in [3.8, 4) is 0 Å². The third-order valence-corrected chi connectivity index (χ3v) is 6.88. The van der Waals surface area contributed by atoms with E-state index in [1.165, 1.54) is 6.07 Å². The van der Waals surface area contributed by atoms with Crippen molar-refractivity contribution >= 4 is 75.5 Å². The van der Waals surface area contributed by atoms with Crippen molar-refractivity contribution in [3.63, 3.8) is 0 Å². The number of rotatable bonds is 5. The normalized spacial score (nSPS) is 22.2. The summed E-state index contributed by atoms with van der Waals surface area (Å²) in [6, 6.07) is 9.72. The number of hydrogen-bond donors (Lipinski definition) is 3. The van der Waals surface area contributed by atoms with Crippen LogP contribution in [0.15, 0.2) is 36.4 Å². The third kappa shape index (κ3) is 4.38. The molecule has 1 heterocycles. The van der Waals surface area contributed by atoms with Gasteiger partial charge in [-0.15, -0.1) is 23.2 Å². The highest BCUT2D eigenvalue weighted by molar-refractivity contribution is 6.53. The van der Waals surface area contributed by atoms with Gasteiger partial charge in [-0.2, -0.15) is 0 Å². The molecule has 0 radical (unpaired) electrons. The zero-order chi connectivity index (χ0) is 21.6. The van der Waals surface area contributed by atoms with Crippen LogP contribution in [0.3, 0.4) is 0 Å². The molecule has 1 saturated heterocycles. The van der Waals surface area contributed by atoms with Gasteiger partial charge in [0.25, 0.3) is 5.91 Å². The first kappa shape index (κ1) is 22.0. The van der Waals surface area contributed by atoms with Crippen molar-refractivity contribution in [2.75, 3.05) is 18.4 Å². The summed E-state index contributed by atoms with van der Waals surface area (Å²) < 4.78 is -1.29. The van der Waals surface area contributed by atoms with E-state index in [9.17, 15) is 9.59 Å². The van der Waals surface area contributed by atoms with Crippen LogP contribution in [0, 0.1) is 5.92 Å². The van der Waals surface area contributed by atoms with Crippen LogP contribution in [0.5, 0.6) is 0 Å². The van der Waals surface area contributed by atoms with Crippen molar-refractivity contribution in [1.82, 2.24) is 10.6 Å². The Kier molecular flexibility index (Phi) is 6.14. The van der Waals surface area contributed by atoms with E-state index in [-0.39, 0.29) is 23.4 Å². The molecule has 0 aromatic heterocycles. The lowest BCUT2D eigenvalue weighted by Crippen LogP contribution is -2.56. The highest BCUT2D eigenvalue weighted by atomic mass is 35.5. The van der Waals surface area contributed by atoms with Gasteiger partial charge >= 0.3 is 0 Å². The Morgan fingerprint density at radius 3 is 2.27 bits per heavy atom. The highest BCUT2D eigenvalue weighted by Gasteiger charge is 2.67. The van der Waals surface area contributed by atoms with E-state index in [0.29, 0.717) is 39.4 Å². The number of carbonyl (C=O) groups excluding carboxylic acids is 2. The molecule has 2 aromatic rings. The molecule has 0 spiro atoms. The van der Waals surface area contributed by atoms with Gasteiger partial charge < -0.3 is 16.0 Å². The molecular weight excluding hydrogens is 492 g/mol. The summed E-state index contributed by atoms with van der Waals surface area (Å²) in [7, 11) is 0. The second-order valence-electron chi connectivity index (χ2n) is 7.35. The summed E-state index contributed by atoms with van der Waals surface area (Å²) in [6.07, 6.45) is 0. The van der Waals surface area contributed by atoms with E-state index in [0.717, 1.165) is 0 Å². The summed E-state index contributed by atoms with van der Waals surface area (Å²) in [4.78, 5) is 25.3. The molecule has 2 amide bonds. The maximum atomic E-state index is 12.9. The molecule has 0 unspecified atom stereocenters. The average Bonchev–Trinajstić information content (AvgIpc) is 3.21. The van der Waals surface area contributed by atoms with Gasteiger partial charge in [-0.3, -0.25) is 9.59 Å². The molecular formula is C20H16Cl5N3O2. The quantitative estimate of drug-likeness (QED) is 0.506. The molecule has 2 aromatic carbocycles. The minimum atomic E-state index is -1.29. The minimum Gasteiger partial charge on any atom is -0.347 e. The Hall–Kier alpha value is -1.21. The molecule has 2 aliphatic rings. The Labute approximate surface area is 198 Å². The van der Waals surface area contributed by atoms with Gasteiger partial charge in [0.15, 0.2) is 0 Å². The minimum absolute atomic E-state index is 0.0664. The lowest BCUT2D eigenvalue weighted by molar-refractivity contribution is -0.117. The molecule has 0 bridgehead atoms. The molecule has 4 rings (SSSR count). The predicted octanol–water partition coefficient (Wildman–Crippen LogP) is 4.87. The van der Waals surface area contributed by atoms with Gasteiger partial charge in [0.05, 0.1) is 22.5 Å². The number of benzene rings is 2. The summed E-state index contributed by atoms with van der Waals surface area (Å²) in [5, 5.41) is 9.88. The Morgan fingerprint density at radius 2 is 1.67 bits per heavy atom. The number of anilines is 1. The molecule has 1 aliphatic heterocycles. The van der Waals surface area contributed by atoms with Crippen LogP contribution in [0.2, 0.25) is 15.1 Å². The number of amides is 2. The monoisotopic (exact) mass is 505 g/mol. The van der Waals surface area contributed by atoms with Crippen molar-refractivity contribution < 1.29 is 9.59 Å². The lowest BCUT2D eigenvalue weighted by Gasteiger charge is -2.28. The number of alkyl halides is 2. The van der Waals surface area contributed by atoms with E-state index in [1.807, 2.05) is 0 Å². The molecule has 1 aliphatic carbocycles. The fraction of sp³-hybridized carbons (Fsp3) is 0.300. The first-order valence-corrected chi connectivity index (χ1v) is 11.0. The maximum Gasteiger partial charge on any atom is 0.253 e. The molecule has 10 heteroatoms. The number of hydrogen-bond acceptors (Lipinski definition) is 3. The van der Waals surface area contributed by atoms with Gasteiger partial charge in [-0.25, -0.2) is 0 Å². The smallest absolute Gasteiger partial charge is 0.253 e. The molecule has 158 valence electrons. The zero-order valence-electron chi connectivity index (χ0n) is 15.3. The topological polar surface area (TPSA) is 70.2 Å². The van der Waals surface area contributed by atoms with Gasteiger partial charge in [0.1, 0.15) is 4.33 Å². The van der Waals surface area contributed by atoms with Crippen LogP contribution in [0.4, 0.5) is 5.69 Å². The summed E-state index contributed by atoms with van der Waals surface area (Å²) in [5.41, 5.74) is 1.38. The van der Waals surface area contributed by atoms with Crippen LogP contribution < -0.4 is 16.0 Å². The van der Waals surface area contributed by atoms with E-state index in [1.54, 1.807) is 30.3 Å². The SMILES string of the molecule is O=C(NC1CNC1)c1cc(NC(=O)[C@H]2[C@H](c3cc(Cl)cc(Cl)c3)C2(Cl)Cl)ccc1Cl. The first-order valence-electron chi connectivity index (χ1n) is 9.12. The fourth-order valence-electron chi connectivity index (χ4n) is 3.47. The van der Waals surface area contributed by atoms with Crippen molar-refractivity contribution in [2.24, 2.45) is 5.92 Å². The van der Waals surface area contributed by atoms with Crippen molar-refractivity contribution in [3.05, 3.63) is 62.6 Å². The van der Waals surface area contributed by atoms with E-state index in [4.69, 9.17) is 58.0 Å². The maximum absolute atomic E-state index is 12.9. The summed E-state index contributed by atoms with van der Waals surface area (Å²) in [5.74, 6) is -1.84. The van der Waals surface area contributed by atoms with E-state index in [2.05, 4.69) is 16.0 Å². The van der Waals surface area contributed by atoms with Gasteiger partial charge in [-0.05, 0) is 42.0 Å². The van der Waals surface area contributed by atoms with Gasteiger partial charge in [-0.1, -0.05) is 34.8 Å². The number of carbonyl (C=O) groups is 2.